The molecule has 3 aromatic rings. The second kappa shape index (κ2) is 6.65. The smallest absolute Gasteiger partial charge is 0.253 e. The Morgan fingerprint density at radius 2 is 1.96 bits per heavy atom. The summed E-state index contributed by atoms with van der Waals surface area (Å²) in [5.41, 5.74) is 4.12. The maximum atomic E-state index is 12.8. The van der Waals surface area contributed by atoms with Gasteiger partial charge in [-0.3, -0.25) is 9.78 Å². The molecule has 0 fully saturated rings. The van der Waals surface area contributed by atoms with Crippen molar-refractivity contribution in [1.29, 1.82) is 0 Å². The van der Waals surface area contributed by atoms with Crippen LogP contribution in [0.2, 0.25) is 0 Å². The fraction of sp³-hybridized carbons (Fsp3) is 0.263. The number of H-pyrrole nitrogens is 1. The summed E-state index contributed by atoms with van der Waals surface area (Å²) < 4.78 is 0. The van der Waals surface area contributed by atoms with E-state index in [1.54, 1.807) is 12.4 Å². The van der Waals surface area contributed by atoms with Crippen LogP contribution in [-0.2, 0) is 6.42 Å². The summed E-state index contributed by atoms with van der Waals surface area (Å²) in [7, 11) is 0. The topological polar surface area (TPSA) is 49.0 Å². The monoisotopic (exact) mass is 307 g/mol. The van der Waals surface area contributed by atoms with E-state index in [2.05, 4.69) is 16.0 Å². The third-order valence-electron chi connectivity index (χ3n) is 4.09. The molecule has 1 amide bonds. The number of nitrogens with zero attached hydrogens (tertiary/aromatic N) is 2. The van der Waals surface area contributed by atoms with E-state index in [4.69, 9.17) is 0 Å². The first-order valence-corrected chi connectivity index (χ1v) is 7.95. The van der Waals surface area contributed by atoms with Crippen molar-refractivity contribution < 1.29 is 4.79 Å². The Kier molecular flexibility index (Phi) is 4.42. The second-order valence-corrected chi connectivity index (χ2v) is 5.74. The molecule has 1 N–H and O–H groups in total. The van der Waals surface area contributed by atoms with E-state index >= 15 is 0 Å². The van der Waals surface area contributed by atoms with Gasteiger partial charge in [-0.2, -0.15) is 0 Å². The molecule has 0 spiro atoms. The van der Waals surface area contributed by atoms with Gasteiger partial charge < -0.3 is 9.88 Å². The molecule has 118 valence electrons. The number of amides is 1. The van der Waals surface area contributed by atoms with E-state index in [1.807, 2.05) is 49.1 Å². The molecule has 0 saturated carbocycles. The number of hydrogen-bond acceptors (Lipinski definition) is 2. The third-order valence-corrected chi connectivity index (χ3v) is 4.09. The molecular formula is C19H21N3O. The van der Waals surface area contributed by atoms with Crippen molar-refractivity contribution in [2.24, 2.45) is 0 Å². The molecule has 0 bridgehead atoms. The Hall–Kier alpha value is -2.62. The van der Waals surface area contributed by atoms with Gasteiger partial charge in [0.2, 0.25) is 0 Å². The fourth-order valence-electron chi connectivity index (χ4n) is 2.81. The van der Waals surface area contributed by atoms with Crippen LogP contribution >= 0.6 is 0 Å². The van der Waals surface area contributed by atoms with E-state index < -0.39 is 0 Å². The van der Waals surface area contributed by atoms with Gasteiger partial charge >= 0.3 is 0 Å². The Labute approximate surface area is 136 Å². The van der Waals surface area contributed by atoms with Crippen LogP contribution in [0.4, 0.5) is 0 Å². The highest BCUT2D eigenvalue weighted by atomic mass is 16.2. The highest BCUT2D eigenvalue weighted by Crippen LogP contribution is 2.18. The van der Waals surface area contributed by atoms with E-state index in [0.29, 0.717) is 13.1 Å². The van der Waals surface area contributed by atoms with Gasteiger partial charge in [0.05, 0.1) is 0 Å². The number of fused-ring (bicyclic) bond motifs is 1. The fourth-order valence-corrected chi connectivity index (χ4v) is 2.81. The number of pyridine rings is 1. The Balaban J connectivity index is 1.75. The van der Waals surface area contributed by atoms with Gasteiger partial charge in [-0.05, 0) is 62.2 Å². The molecular weight excluding hydrogens is 286 g/mol. The summed E-state index contributed by atoms with van der Waals surface area (Å²) in [4.78, 5) is 21.9. The van der Waals surface area contributed by atoms with Crippen molar-refractivity contribution in [3.8, 4) is 0 Å². The third kappa shape index (κ3) is 3.42. The second-order valence-electron chi connectivity index (χ2n) is 5.74. The molecule has 2 aromatic heterocycles. The van der Waals surface area contributed by atoms with Crippen LogP contribution in [0.3, 0.4) is 0 Å². The molecule has 0 aliphatic heterocycles. The highest BCUT2D eigenvalue weighted by molar-refractivity contribution is 5.98. The van der Waals surface area contributed by atoms with Crippen LogP contribution in [0.15, 0.2) is 48.8 Å². The quantitative estimate of drug-likeness (QED) is 0.783. The molecule has 0 saturated heterocycles. The summed E-state index contributed by atoms with van der Waals surface area (Å²) in [5.74, 6) is 0.0855. The number of likely N-dealkylation sites (N-methyl/N-ethyl adjacent to an activating group) is 1. The molecule has 0 aliphatic rings. The zero-order chi connectivity index (χ0) is 16.2. The first kappa shape index (κ1) is 15.3. The van der Waals surface area contributed by atoms with Gasteiger partial charge in [0.15, 0.2) is 0 Å². The lowest BCUT2D eigenvalue weighted by atomic mass is 10.1. The van der Waals surface area contributed by atoms with Crippen LogP contribution in [0, 0.1) is 6.92 Å². The SMILES string of the molecule is CCN(CCc1ccncc1)C(=O)c1ccc2[nH]c(C)cc2c1. The molecule has 4 heteroatoms. The molecule has 4 nitrogen and oxygen atoms in total. The van der Waals surface area contributed by atoms with Gasteiger partial charge in [0.1, 0.15) is 0 Å². The number of aromatic nitrogens is 2. The van der Waals surface area contributed by atoms with E-state index in [-0.39, 0.29) is 5.91 Å². The lowest BCUT2D eigenvalue weighted by Crippen LogP contribution is -2.32. The summed E-state index contributed by atoms with van der Waals surface area (Å²) in [6, 6.07) is 11.9. The first-order valence-electron chi connectivity index (χ1n) is 7.95. The lowest BCUT2D eigenvalue weighted by molar-refractivity contribution is 0.0766. The highest BCUT2D eigenvalue weighted by Gasteiger charge is 2.14. The average Bonchev–Trinajstić information content (AvgIpc) is 2.95. The van der Waals surface area contributed by atoms with Gasteiger partial charge in [0.25, 0.3) is 5.91 Å². The van der Waals surface area contributed by atoms with Crippen molar-refractivity contribution >= 4 is 16.8 Å². The van der Waals surface area contributed by atoms with Crippen LogP contribution in [-0.4, -0.2) is 33.9 Å². The Morgan fingerprint density at radius 3 is 2.70 bits per heavy atom. The molecule has 0 radical (unpaired) electrons. The van der Waals surface area contributed by atoms with Crippen molar-refractivity contribution in [2.45, 2.75) is 20.3 Å². The maximum absolute atomic E-state index is 12.8. The molecule has 0 atom stereocenters. The number of carbonyl (C=O) groups excluding carboxylic acids is 1. The number of aromatic amines is 1. The van der Waals surface area contributed by atoms with E-state index in [1.165, 1.54) is 5.56 Å². The number of rotatable bonds is 5. The first-order chi connectivity index (χ1) is 11.2. The van der Waals surface area contributed by atoms with Gasteiger partial charge in [-0.25, -0.2) is 0 Å². The predicted octanol–water partition coefficient (Wildman–Crippen LogP) is 3.58. The number of carbonyl (C=O) groups is 1. The molecule has 1 aromatic carbocycles. The summed E-state index contributed by atoms with van der Waals surface area (Å²) in [5, 5.41) is 1.08. The zero-order valence-corrected chi connectivity index (χ0v) is 13.5. The zero-order valence-electron chi connectivity index (χ0n) is 13.5. The lowest BCUT2D eigenvalue weighted by Gasteiger charge is -2.21. The summed E-state index contributed by atoms with van der Waals surface area (Å²) >= 11 is 0. The van der Waals surface area contributed by atoms with Crippen molar-refractivity contribution in [2.75, 3.05) is 13.1 Å². The standard InChI is InChI=1S/C19H21N3O/c1-3-22(11-8-15-6-9-20-10-7-15)19(23)16-4-5-18-17(13-16)12-14(2)21-18/h4-7,9-10,12-13,21H,3,8,11H2,1-2H3. The van der Waals surface area contributed by atoms with Crippen LogP contribution in [0.1, 0.15) is 28.5 Å². The van der Waals surface area contributed by atoms with Crippen LogP contribution in [0.5, 0.6) is 0 Å². The van der Waals surface area contributed by atoms with Crippen molar-refractivity contribution in [3.63, 3.8) is 0 Å². The molecule has 3 rings (SSSR count). The van der Waals surface area contributed by atoms with Crippen LogP contribution in [0.25, 0.3) is 10.9 Å². The minimum atomic E-state index is 0.0855. The van der Waals surface area contributed by atoms with Gasteiger partial charge in [0, 0.05) is 47.6 Å². The molecule has 0 unspecified atom stereocenters. The number of aryl methyl sites for hydroxylation is 1. The summed E-state index contributed by atoms with van der Waals surface area (Å²) in [6.45, 7) is 5.45. The van der Waals surface area contributed by atoms with Gasteiger partial charge in [-0.1, -0.05) is 0 Å². The molecule has 2 heterocycles. The minimum Gasteiger partial charge on any atom is -0.359 e. The maximum Gasteiger partial charge on any atom is 0.253 e. The largest absolute Gasteiger partial charge is 0.359 e. The molecule has 23 heavy (non-hydrogen) atoms. The van der Waals surface area contributed by atoms with E-state index in [0.717, 1.165) is 28.6 Å². The Morgan fingerprint density at radius 1 is 1.17 bits per heavy atom. The van der Waals surface area contributed by atoms with Gasteiger partial charge in [-0.15, -0.1) is 0 Å². The van der Waals surface area contributed by atoms with E-state index in [9.17, 15) is 4.79 Å². The molecule has 0 aliphatic carbocycles. The normalized spacial score (nSPS) is 10.9. The average molecular weight is 307 g/mol. The number of benzene rings is 1. The number of nitrogens with one attached hydrogen (secondary N) is 1. The Bertz CT molecular complexity index is 808. The predicted molar refractivity (Wildman–Crippen MR) is 92.6 cm³/mol. The van der Waals surface area contributed by atoms with Crippen molar-refractivity contribution in [3.05, 3.63) is 65.6 Å². The summed E-state index contributed by atoms with van der Waals surface area (Å²) in [6.07, 6.45) is 4.42. The minimum absolute atomic E-state index is 0.0855. The van der Waals surface area contributed by atoms with Crippen LogP contribution < -0.4 is 0 Å². The number of hydrogen-bond donors (Lipinski definition) is 1. The van der Waals surface area contributed by atoms with Crippen molar-refractivity contribution in [1.82, 2.24) is 14.9 Å².